The molecular weight excluding hydrogens is 472 g/mol. The maximum atomic E-state index is 14.2. The van der Waals surface area contributed by atoms with Crippen molar-refractivity contribution in [3.63, 3.8) is 0 Å². The third-order valence-electron chi connectivity index (χ3n) is 6.45. The Kier molecular flexibility index (Phi) is 5.97. The van der Waals surface area contributed by atoms with E-state index in [-0.39, 0.29) is 22.2 Å². The molecule has 180 valence electrons. The minimum Gasteiger partial charge on any atom is -0.484 e. The van der Waals surface area contributed by atoms with Crippen LogP contribution in [0.2, 0.25) is 5.02 Å². The highest BCUT2D eigenvalue weighted by molar-refractivity contribution is 6.30. The lowest BCUT2D eigenvalue weighted by molar-refractivity contribution is -0.127. The number of halogens is 3. The summed E-state index contributed by atoms with van der Waals surface area (Å²) in [5.41, 5.74) is 1.71. The molecule has 0 aliphatic heterocycles. The fraction of sp³-hybridized carbons (Fsp3) is 0.259. The average molecular weight is 496 g/mol. The molecule has 1 saturated carbocycles. The van der Waals surface area contributed by atoms with E-state index in [0.29, 0.717) is 11.3 Å². The zero-order valence-corrected chi connectivity index (χ0v) is 20.0. The predicted octanol–water partition coefficient (Wildman–Crippen LogP) is 6.38. The number of carbonyl (C=O) groups excluding carboxylic acids is 1. The smallest absolute Gasteiger partial charge is 0.226 e. The number of benzene rings is 3. The molecule has 0 saturated heterocycles. The number of amides is 1. The van der Waals surface area contributed by atoms with Gasteiger partial charge in [-0.05, 0) is 86.0 Å². The Morgan fingerprint density at radius 2 is 1.83 bits per heavy atom. The van der Waals surface area contributed by atoms with Crippen LogP contribution in [0.15, 0.2) is 66.9 Å². The van der Waals surface area contributed by atoms with Gasteiger partial charge >= 0.3 is 0 Å². The maximum absolute atomic E-state index is 14.2. The summed E-state index contributed by atoms with van der Waals surface area (Å²) < 4.78 is 35.5. The topological polar surface area (TPSA) is 56.1 Å². The van der Waals surface area contributed by atoms with Crippen LogP contribution < -0.4 is 10.1 Å². The maximum Gasteiger partial charge on any atom is 0.226 e. The van der Waals surface area contributed by atoms with Crippen molar-refractivity contribution in [1.82, 2.24) is 15.1 Å². The number of nitrogens with one attached hydrogen (secondary N) is 1. The highest BCUT2D eigenvalue weighted by Gasteiger charge is 2.45. The van der Waals surface area contributed by atoms with Crippen LogP contribution in [0.4, 0.5) is 8.78 Å². The Morgan fingerprint density at radius 3 is 2.51 bits per heavy atom. The molecule has 1 heterocycles. The SMILES string of the molecule is C[C@H](NC(=O)C1(C)CC1)[C@@H](Oc1ccc2c(cnn2-c2ccc(F)cc2)c1)c1cc(F)cc(Cl)c1. The van der Waals surface area contributed by atoms with Gasteiger partial charge in [0.05, 0.1) is 23.4 Å². The monoisotopic (exact) mass is 495 g/mol. The van der Waals surface area contributed by atoms with Gasteiger partial charge in [-0.15, -0.1) is 0 Å². The highest BCUT2D eigenvalue weighted by Crippen LogP contribution is 2.45. The molecule has 0 bridgehead atoms. The first-order valence-electron chi connectivity index (χ1n) is 11.4. The summed E-state index contributed by atoms with van der Waals surface area (Å²) in [5.74, 6) is -0.316. The van der Waals surface area contributed by atoms with E-state index in [2.05, 4.69) is 10.4 Å². The first kappa shape index (κ1) is 23.3. The highest BCUT2D eigenvalue weighted by atomic mass is 35.5. The molecular formula is C27H24ClF2N3O2. The molecule has 1 N–H and O–H groups in total. The van der Waals surface area contributed by atoms with Crippen molar-refractivity contribution in [1.29, 1.82) is 0 Å². The van der Waals surface area contributed by atoms with E-state index in [4.69, 9.17) is 16.3 Å². The van der Waals surface area contributed by atoms with Crippen molar-refractivity contribution in [2.24, 2.45) is 5.41 Å². The second kappa shape index (κ2) is 8.96. The van der Waals surface area contributed by atoms with Crippen LogP contribution in [0.5, 0.6) is 5.75 Å². The van der Waals surface area contributed by atoms with Crippen LogP contribution in [0.1, 0.15) is 38.4 Å². The van der Waals surface area contributed by atoms with E-state index >= 15 is 0 Å². The van der Waals surface area contributed by atoms with Gasteiger partial charge < -0.3 is 10.1 Å². The van der Waals surface area contributed by atoms with E-state index in [0.717, 1.165) is 29.4 Å². The van der Waals surface area contributed by atoms with Gasteiger partial charge in [0.2, 0.25) is 5.91 Å². The molecule has 5 nitrogen and oxygen atoms in total. The summed E-state index contributed by atoms with van der Waals surface area (Å²) in [6.45, 7) is 3.76. The molecule has 1 amide bonds. The van der Waals surface area contributed by atoms with E-state index in [1.54, 1.807) is 35.1 Å². The van der Waals surface area contributed by atoms with Crippen LogP contribution in [-0.2, 0) is 4.79 Å². The summed E-state index contributed by atoms with van der Waals surface area (Å²) in [6, 6.07) is 15.3. The fourth-order valence-electron chi connectivity index (χ4n) is 4.09. The molecule has 8 heteroatoms. The second-order valence-corrected chi connectivity index (χ2v) is 9.75. The normalized spacial score (nSPS) is 16.0. The lowest BCUT2D eigenvalue weighted by Crippen LogP contribution is -2.42. The lowest BCUT2D eigenvalue weighted by Gasteiger charge is -2.28. The van der Waals surface area contributed by atoms with Crippen LogP contribution in [0.25, 0.3) is 16.6 Å². The van der Waals surface area contributed by atoms with Gasteiger partial charge in [-0.3, -0.25) is 4.79 Å². The molecule has 0 unspecified atom stereocenters. The molecule has 1 aliphatic carbocycles. The van der Waals surface area contributed by atoms with Gasteiger partial charge in [-0.25, -0.2) is 13.5 Å². The third kappa shape index (κ3) is 4.86. The van der Waals surface area contributed by atoms with Gasteiger partial charge in [-0.2, -0.15) is 5.10 Å². The number of ether oxygens (including phenoxy) is 1. The van der Waals surface area contributed by atoms with Crippen LogP contribution in [-0.4, -0.2) is 21.7 Å². The van der Waals surface area contributed by atoms with Crippen molar-refractivity contribution in [2.75, 3.05) is 0 Å². The number of fused-ring (bicyclic) bond motifs is 1. The Balaban J connectivity index is 1.45. The molecule has 2 atom stereocenters. The Bertz CT molecular complexity index is 1380. The summed E-state index contributed by atoms with van der Waals surface area (Å²) in [6.07, 6.45) is 2.70. The zero-order valence-electron chi connectivity index (χ0n) is 19.3. The summed E-state index contributed by atoms with van der Waals surface area (Å²) in [7, 11) is 0. The number of hydrogen-bond donors (Lipinski definition) is 1. The van der Waals surface area contributed by atoms with Crippen molar-refractivity contribution >= 4 is 28.4 Å². The van der Waals surface area contributed by atoms with E-state index in [1.807, 2.05) is 26.0 Å². The van der Waals surface area contributed by atoms with E-state index in [9.17, 15) is 13.6 Å². The number of carbonyl (C=O) groups is 1. The van der Waals surface area contributed by atoms with Gasteiger partial charge in [0, 0.05) is 15.8 Å². The summed E-state index contributed by atoms with van der Waals surface area (Å²) in [4.78, 5) is 12.7. The molecule has 1 aromatic heterocycles. The Labute approximate surface area is 206 Å². The molecule has 3 aromatic carbocycles. The second-order valence-electron chi connectivity index (χ2n) is 9.32. The van der Waals surface area contributed by atoms with Crippen molar-refractivity contribution in [3.8, 4) is 11.4 Å². The van der Waals surface area contributed by atoms with Crippen molar-refractivity contribution < 1.29 is 18.3 Å². The molecule has 1 fully saturated rings. The predicted molar refractivity (Wildman–Crippen MR) is 131 cm³/mol. The standard InChI is InChI=1S/C27H24ClF2N3O2/c1-16(32-26(34)27(2)9-10-27)25(17-11-19(28)14-21(30)12-17)35-23-7-8-24-18(13-23)15-31-33(24)22-5-3-20(29)4-6-22/h3-8,11-16,25H,9-10H2,1-2H3,(H,32,34)/t16-,25+/m0/s1. The molecule has 0 spiro atoms. The van der Waals surface area contributed by atoms with Crippen LogP contribution >= 0.6 is 11.6 Å². The first-order valence-corrected chi connectivity index (χ1v) is 11.8. The average Bonchev–Trinajstić information content (AvgIpc) is 3.44. The van der Waals surface area contributed by atoms with Crippen LogP contribution in [0, 0.1) is 17.0 Å². The van der Waals surface area contributed by atoms with Gasteiger partial charge in [0.1, 0.15) is 23.5 Å². The molecule has 35 heavy (non-hydrogen) atoms. The zero-order chi connectivity index (χ0) is 24.7. The molecule has 0 radical (unpaired) electrons. The Hall–Kier alpha value is -3.45. The quantitative estimate of drug-likeness (QED) is 0.323. The summed E-state index contributed by atoms with van der Waals surface area (Å²) in [5, 5.41) is 8.51. The lowest BCUT2D eigenvalue weighted by atomic mass is 10.0. The van der Waals surface area contributed by atoms with Crippen molar-refractivity contribution in [2.45, 2.75) is 38.8 Å². The molecule has 4 aromatic rings. The van der Waals surface area contributed by atoms with Gasteiger partial charge in [-0.1, -0.05) is 18.5 Å². The van der Waals surface area contributed by atoms with Crippen LogP contribution in [0.3, 0.4) is 0 Å². The number of hydrogen-bond acceptors (Lipinski definition) is 3. The minimum atomic E-state index is -0.681. The Morgan fingerprint density at radius 1 is 1.09 bits per heavy atom. The first-order chi connectivity index (χ1) is 16.7. The van der Waals surface area contributed by atoms with Crippen molar-refractivity contribution in [3.05, 3.63) is 89.1 Å². The van der Waals surface area contributed by atoms with Gasteiger partial charge in [0.25, 0.3) is 0 Å². The summed E-state index contributed by atoms with van der Waals surface area (Å²) >= 11 is 6.12. The van der Waals surface area contributed by atoms with E-state index in [1.165, 1.54) is 24.3 Å². The molecule has 1 aliphatic rings. The third-order valence-corrected chi connectivity index (χ3v) is 6.67. The largest absolute Gasteiger partial charge is 0.484 e. The van der Waals surface area contributed by atoms with E-state index < -0.39 is 18.0 Å². The number of rotatable bonds is 7. The number of aromatic nitrogens is 2. The minimum absolute atomic E-state index is 0.0443. The number of nitrogens with zero attached hydrogens (tertiary/aromatic N) is 2. The van der Waals surface area contributed by atoms with Gasteiger partial charge in [0.15, 0.2) is 0 Å². The fourth-order valence-corrected chi connectivity index (χ4v) is 4.32. The molecule has 5 rings (SSSR count).